The Bertz CT molecular complexity index is 2330. The maximum Gasteiger partial charge on any atom is 0.313 e. The lowest BCUT2D eigenvalue weighted by Crippen LogP contribution is -2.28. The first-order valence-corrected chi connectivity index (χ1v) is 18.9. The van der Waals surface area contributed by atoms with E-state index >= 15 is 0 Å². The molecule has 3 aromatic carbocycles. The summed E-state index contributed by atoms with van der Waals surface area (Å²) >= 11 is 2.60. The van der Waals surface area contributed by atoms with E-state index in [1.54, 1.807) is 24.5 Å². The first kappa shape index (κ1) is 37.2. The molecule has 0 saturated carbocycles. The molecule has 0 radical (unpaired) electrons. The van der Waals surface area contributed by atoms with Crippen LogP contribution in [0.15, 0.2) is 120 Å². The monoisotopic (exact) mass is 747 g/mol. The fourth-order valence-corrected chi connectivity index (χ4v) is 7.04. The quantitative estimate of drug-likeness (QED) is 0.120. The largest absolute Gasteiger partial charge is 0.481 e. The lowest BCUT2D eigenvalue weighted by atomic mass is 10.1. The van der Waals surface area contributed by atoms with E-state index < -0.39 is 5.97 Å². The van der Waals surface area contributed by atoms with Crippen molar-refractivity contribution in [3.05, 3.63) is 143 Å². The van der Waals surface area contributed by atoms with Crippen LogP contribution in [0.3, 0.4) is 0 Å². The van der Waals surface area contributed by atoms with Gasteiger partial charge in [0.25, 0.3) is 0 Å². The third-order valence-corrected chi connectivity index (χ3v) is 10.2. The van der Waals surface area contributed by atoms with Crippen molar-refractivity contribution >= 4 is 57.7 Å². The molecule has 0 unspecified atom stereocenters. The first-order valence-electron chi connectivity index (χ1n) is 16.9. The highest BCUT2D eigenvalue weighted by Gasteiger charge is 2.17. The Balaban J connectivity index is 0.000000192. The van der Waals surface area contributed by atoms with E-state index in [1.807, 2.05) is 47.2 Å². The minimum Gasteiger partial charge on any atom is -0.481 e. The average molecular weight is 748 g/mol. The summed E-state index contributed by atoms with van der Waals surface area (Å²) in [7, 11) is 0. The molecule has 0 saturated heterocycles. The summed E-state index contributed by atoms with van der Waals surface area (Å²) in [5.74, 6) is -1.05. The van der Waals surface area contributed by atoms with E-state index in [0.29, 0.717) is 18.2 Å². The van der Waals surface area contributed by atoms with E-state index in [2.05, 4.69) is 80.7 Å². The number of imidazole rings is 2. The fourth-order valence-electron chi connectivity index (χ4n) is 5.51. The molecule has 7 aromatic rings. The van der Waals surface area contributed by atoms with Crippen LogP contribution in [0.5, 0.6) is 0 Å². The number of nitrogens with one attached hydrogen (secondary N) is 1. The molecule has 53 heavy (non-hydrogen) atoms. The minimum absolute atomic E-state index is 0.0166. The molecule has 4 heterocycles. The highest BCUT2D eigenvalue weighted by atomic mass is 32.2. The molecule has 0 aliphatic heterocycles. The molecule has 2 N–H and O–H groups in total. The molecule has 4 aromatic heterocycles. The fraction of sp³-hybridized carbons (Fsp3) is 0.200. The number of benzene rings is 3. The Kier molecular flexibility index (Phi) is 12.2. The molecule has 1 amide bonds. The number of rotatable bonds is 12. The first-order chi connectivity index (χ1) is 25.6. The number of thioether (sulfide) groups is 2. The summed E-state index contributed by atoms with van der Waals surface area (Å²) in [5.41, 5.74) is 8.70. The summed E-state index contributed by atoms with van der Waals surface area (Å²) in [4.78, 5) is 41.4. The van der Waals surface area contributed by atoms with Crippen LogP contribution in [0, 0.1) is 19.7 Å². The zero-order chi connectivity index (χ0) is 37.3. The number of hydrogen-bond acceptors (Lipinski definition) is 8. The van der Waals surface area contributed by atoms with Crippen molar-refractivity contribution in [3.63, 3.8) is 0 Å². The normalized spacial score (nSPS) is 11.6. The number of aromatic nitrogens is 6. The van der Waals surface area contributed by atoms with Gasteiger partial charge in [0.15, 0.2) is 21.6 Å². The lowest BCUT2D eigenvalue weighted by Gasteiger charge is -2.14. The van der Waals surface area contributed by atoms with Gasteiger partial charge in [-0.05, 0) is 73.9 Å². The number of carbonyl (C=O) groups excluding carboxylic acids is 1. The van der Waals surface area contributed by atoms with Crippen molar-refractivity contribution in [2.45, 2.75) is 50.2 Å². The third kappa shape index (κ3) is 9.87. The molecular weight excluding hydrogens is 710 g/mol. The van der Waals surface area contributed by atoms with Gasteiger partial charge < -0.3 is 10.4 Å². The van der Waals surface area contributed by atoms with Crippen LogP contribution in [-0.2, 0) is 22.7 Å². The number of fused-ring (bicyclic) bond motifs is 2. The number of carbonyl (C=O) groups is 2. The smallest absolute Gasteiger partial charge is 0.313 e. The summed E-state index contributed by atoms with van der Waals surface area (Å²) in [6, 6.07) is 30.1. The Morgan fingerprint density at radius 1 is 0.717 bits per heavy atom. The standard InChI is InChI=1S/C24H23FN4OS.C16H15N3O2S/c1-16-5-7-18(8-6-16)14-29-23-21(4-3-13-26-23)28-24(29)31-15-22(30)27-17(2)19-9-11-20(25)12-10-19;1-11-4-6-12(7-5-11)9-19-15-13(3-2-8-17-15)18-16(19)22-10-14(20)21/h3-13,17H,14-15H2,1-2H3,(H,27,30);2-8H,9-10H2,1H3,(H,20,21)/t17-;/m0./s1. The molecule has 0 spiro atoms. The van der Waals surface area contributed by atoms with Gasteiger partial charge in [-0.1, -0.05) is 95.3 Å². The van der Waals surface area contributed by atoms with Gasteiger partial charge in [-0.15, -0.1) is 0 Å². The number of aryl methyl sites for hydroxylation is 2. The SMILES string of the molecule is Cc1ccc(Cn2c(SCC(=O)N[C@@H](C)c3ccc(F)cc3)nc3cccnc32)cc1.Cc1ccc(Cn2c(SCC(=O)O)nc3cccnc32)cc1. The number of amides is 1. The molecule has 0 aliphatic carbocycles. The molecule has 270 valence electrons. The van der Waals surface area contributed by atoms with E-state index in [0.717, 1.165) is 44.2 Å². The van der Waals surface area contributed by atoms with Gasteiger partial charge in [-0.3, -0.25) is 18.7 Å². The predicted octanol–water partition coefficient (Wildman–Crippen LogP) is 7.86. The van der Waals surface area contributed by atoms with E-state index in [1.165, 1.54) is 46.8 Å². The molecular formula is C40H38FN7O3S2. The van der Waals surface area contributed by atoms with Crippen molar-refractivity contribution in [1.29, 1.82) is 0 Å². The van der Waals surface area contributed by atoms with Crippen molar-refractivity contribution in [3.8, 4) is 0 Å². The van der Waals surface area contributed by atoms with E-state index in [-0.39, 0.29) is 29.3 Å². The summed E-state index contributed by atoms with van der Waals surface area (Å²) in [6.45, 7) is 7.24. The van der Waals surface area contributed by atoms with Gasteiger partial charge >= 0.3 is 5.97 Å². The van der Waals surface area contributed by atoms with Gasteiger partial charge in [0.1, 0.15) is 16.9 Å². The second-order valence-corrected chi connectivity index (χ2v) is 14.3. The number of halogens is 1. The van der Waals surface area contributed by atoms with Crippen LogP contribution >= 0.6 is 23.5 Å². The van der Waals surface area contributed by atoms with Gasteiger partial charge in [0.05, 0.1) is 30.6 Å². The van der Waals surface area contributed by atoms with Crippen LogP contribution < -0.4 is 5.32 Å². The van der Waals surface area contributed by atoms with Crippen molar-refractivity contribution in [2.75, 3.05) is 11.5 Å². The number of carboxylic acids is 1. The molecule has 0 fully saturated rings. The number of carboxylic acid groups (broad SMARTS) is 1. The second kappa shape index (κ2) is 17.3. The number of nitrogens with zero attached hydrogens (tertiary/aromatic N) is 6. The summed E-state index contributed by atoms with van der Waals surface area (Å²) in [6.07, 6.45) is 3.47. The molecule has 1 atom stereocenters. The maximum absolute atomic E-state index is 13.1. The van der Waals surface area contributed by atoms with Crippen LogP contribution in [0.1, 0.15) is 40.8 Å². The predicted molar refractivity (Wildman–Crippen MR) is 208 cm³/mol. The molecule has 10 nitrogen and oxygen atoms in total. The Hall–Kier alpha value is -5.53. The van der Waals surface area contributed by atoms with Crippen molar-refractivity contribution in [1.82, 2.24) is 34.4 Å². The molecule has 0 bridgehead atoms. The molecule has 0 aliphatic rings. The van der Waals surface area contributed by atoms with Crippen molar-refractivity contribution in [2.24, 2.45) is 0 Å². The van der Waals surface area contributed by atoms with Crippen LogP contribution in [0.4, 0.5) is 4.39 Å². The topological polar surface area (TPSA) is 128 Å². The van der Waals surface area contributed by atoms with Crippen molar-refractivity contribution < 1.29 is 19.1 Å². The summed E-state index contributed by atoms with van der Waals surface area (Å²) < 4.78 is 17.1. The van der Waals surface area contributed by atoms with E-state index in [4.69, 9.17) is 5.11 Å². The third-order valence-electron chi connectivity index (χ3n) is 8.26. The van der Waals surface area contributed by atoms with E-state index in [9.17, 15) is 14.0 Å². The number of hydrogen-bond donors (Lipinski definition) is 2. The Morgan fingerprint density at radius 3 is 1.66 bits per heavy atom. The average Bonchev–Trinajstić information content (AvgIpc) is 3.69. The maximum atomic E-state index is 13.1. The van der Waals surface area contributed by atoms with Crippen LogP contribution in [0.25, 0.3) is 22.3 Å². The second-order valence-electron chi connectivity index (χ2n) is 12.4. The number of pyridine rings is 2. The Morgan fingerprint density at radius 2 is 1.19 bits per heavy atom. The lowest BCUT2D eigenvalue weighted by molar-refractivity contribution is -0.134. The molecule has 7 rings (SSSR count). The zero-order valence-corrected chi connectivity index (χ0v) is 31.1. The van der Waals surface area contributed by atoms with Gasteiger partial charge in [0.2, 0.25) is 5.91 Å². The zero-order valence-electron chi connectivity index (χ0n) is 29.4. The molecule has 13 heteroatoms. The van der Waals surface area contributed by atoms with Gasteiger partial charge in [-0.25, -0.2) is 24.3 Å². The minimum atomic E-state index is -0.855. The van der Waals surface area contributed by atoms with Gasteiger partial charge in [0, 0.05) is 12.4 Å². The highest BCUT2D eigenvalue weighted by molar-refractivity contribution is 8.00. The Labute approximate surface area is 314 Å². The van der Waals surface area contributed by atoms with Crippen LogP contribution in [0.2, 0.25) is 0 Å². The number of aliphatic carboxylic acids is 1. The van der Waals surface area contributed by atoms with Gasteiger partial charge in [-0.2, -0.15) is 0 Å². The summed E-state index contributed by atoms with van der Waals surface area (Å²) in [5, 5.41) is 13.3. The highest BCUT2D eigenvalue weighted by Crippen LogP contribution is 2.26. The van der Waals surface area contributed by atoms with Crippen LogP contribution in [-0.4, -0.2) is 57.6 Å².